The summed E-state index contributed by atoms with van der Waals surface area (Å²) in [5, 5.41) is 10.6. The van der Waals surface area contributed by atoms with Gasteiger partial charge in [0.15, 0.2) is 5.82 Å². The number of anilines is 1. The van der Waals surface area contributed by atoms with E-state index >= 15 is 0 Å². The van der Waals surface area contributed by atoms with Crippen molar-refractivity contribution in [3.05, 3.63) is 12.3 Å². The summed E-state index contributed by atoms with van der Waals surface area (Å²) in [7, 11) is 0. The van der Waals surface area contributed by atoms with Crippen molar-refractivity contribution in [2.75, 3.05) is 44.6 Å². The summed E-state index contributed by atoms with van der Waals surface area (Å²) in [6.45, 7) is 7.14. The van der Waals surface area contributed by atoms with Crippen LogP contribution in [0.25, 0.3) is 0 Å². The molecule has 3 heterocycles. The first kappa shape index (κ1) is 14.5. The lowest BCUT2D eigenvalue weighted by molar-refractivity contribution is -0.132. The van der Waals surface area contributed by atoms with Gasteiger partial charge in [-0.05, 0) is 19.5 Å². The fourth-order valence-corrected chi connectivity index (χ4v) is 2.83. The Labute approximate surface area is 124 Å². The Kier molecular flexibility index (Phi) is 4.52. The third-order valence-electron chi connectivity index (χ3n) is 4.16. The number of ether oxygens (including phenoxy) is 1. The summed E-state index contributed by atoms with van der Waals surface area (Å²) < 4.78 is 7.48. The van der Waals surface area contributed by atoms with Crippen LogP contribution >= 0.6 is 0 Å². The molecule has 1 aromatic heterocycles. The predicted octanol–water partition coefficient (Wildman–Crippen LogP) is 0.0767. The zero-order valence-corrected chi connectivity index (χ0v) is 12.4. The Morgan fingerprint density at radius 2 is 2.52 bits per heavy atom. The van der Waals surface area contributed by atoms with E-state index in [0.717, 1.165) is 32.6 Å². The maximum Gasteiger partial charge on any atom is 0.256 e. The topological polar surface area (TPSA) is 71.4 Å². The molecule has 2 saturated heterocycles. The van der Waals surface area contributed by atoms with E-state index in [1.165, 1.54) is 0 Å². The molecule has 0 bridgehead atoms. The molecule has 2 aliphatic heterocycles. The summed E-state index contributed by atoms with van der Waals surface area (Å²) in [5.74, 6) is 0.493. The van der Waals surface area contributed by atoms with Crippen LogP contribution in [0.2, 0.25) is 0 Å². The van der Waals surface area contributed by atoms with Crippen LogP contribution < -0.4 is 10.6 Å². The van der Waals surface area contributed by atoms with Gasteiger partial charge in [-0.3, -0.25) is 14.4 Å². The van der Waals surface area contributed by atoms with Crippen LogP contribution in [0.5, 0.6) is 0 Å². The van der Waals surface area contributed by atoms with E-state index in [2.05, 4.69) is 27.6 Å². The van der Waals surface area contributed by atoms with Gasteiger partial charge >= 0.3 is 0 Å². The number of nitrogens with one attached hydrogen (secondary N) is 2. The zero-order valence-electron chi connectivity index (χ0n) is 12.4. The molecule has 0 unspecified atom stereocenters. The Morgan fingerprint density at radius 1 is 1.62 bits per heavy atom. The molecule has 7 nitrogen and oxygen atoms in total. The molecule has 2 fully saturated rings. The minimum Gasteiger partial charge on any atom is -0.366 e. The highest BCUT2D eigenvalue weighted by atomic mass is 16.5. The molecule has 2 atom stereocenters. The van der Waals surface area contributed by atoms with E-state index in [-0.39, 0.29) is 5.91 Å². The van der Waals surface area contributed by atoms with Crippen LogP contribution in [0.1, 0.15) is 19.4 Å². The largest absolute Gasteiger partial charge is 0.366 e. The van der Waals surface area contributed by atoms with Gasteiger partial charge in [0.1, 0.15) is 6.10 Å². The molecule has 0 spiro atoms. The second-order valence-corrected chi connectivity index (χ2v) is 5.57. The average molecular weight is 293 g/mol. The summed E-state index contributed by atoms with van der Waals surface area (Å²) in [6.07, 6.45) is 2.59. The number of carbonyl (C=O) groups is 1. The number of nitrogens with zero attached hydrogens (tertiary/aromatic N) is 3. The number of morpholine rings is 1. The summed E-state index contributed by atoms with van der Waals surface area (Å²) in [4.78, 5) is 14.5. The van der Waals surface area contributed by atoms with Crippen LogP contribution in [0.3, 0.4) is 0 Å². The van der Waals surface area contributed by atoms with E-state index in [1.807, 2.05) is 16.9 Å². The normalized spacial score (nSPS) is 26.9. The summed E-state index contributed by atoms with van der Waals surface area (Å²) >= 11 is 0. The van der Waals surface area contributed by atoms with Crippen LogP contribution in [0.4, 0.5) is 5.82 Å². The van der Waals surface area contributed by atoms with Gasteiger partial charge in [0.25, 0.3) is 5.91 Å². The Balaban J connectivity index is 1.57. The molecule has 0 saturated carbocycles. The number of rotatable bonds is 4. The van der Waals surface area contributed by atoms with Crippen molar-refractivity contribution < 1.29 is 9.53 Å². The first-order valence-electron chi connectivity index (χ1n) is 7.67. The van der Waals surface area contributed by atoms with Crippen LogP contribution in [-0.4, -0.2) is 66.0 Å². The zero-order chi connectivity index (χ0) is 14.7. The lowest BCUT2D eigenvalue weighted by Gasteiger charge is -2.30. The van der Waals surface area contributed by atoms with Gasteiger partial charge in [0, 0.05) is 31.9 Å². The lowest BCUT2D eigenvalue weighted by Crippen LogP contribution is -2.47. The Hall–Kier alpha value is -1.44. The molecule has 116 valence electrons. The van der Waals surface area contributed by atoms with Crippen molar-refractivity contribution >= 4 is 11.7 Å². The minimum atomic E-state index is -0.406. The molecule has 2 N–H and O–H groups in total. The van der Waals surface area contributed by atoms with Gasteiger partial charge in [0.05, 0.1) is 12.6 Å². The monoisotopic (exact) mass is 293 g/mol. The molecule has 1 amide bonds. The number of likely N-dealkylation sites (N-methyl/N-ethyl adjacent to an activating group) is 1. The molecule has 0 aliphatic carbocycles. The average Bonchev–Trinajstić information content (AvgIpc) is 3.18. The molecule has 21 heavy (non-hydrogen) atoms. The number of carbonyl (C=O) groups excluding carboxylic acids is 1. The molecule has 1 aromatic rings. The smallest absolute Gasteiger partial charge is 0.256 e. The second kappa shape index (κ2) is 6.55. The first-order chi connectivity index (χ1) is 10.3. The Bertz CT molecular complexity index is 483. The van der Waals surface area contributed by atoms with E-state index in [9.17, 15) is 4.79 Å². The van der Waals surface area contributed by atoms with Crippen molar-refractivity contribution in [2.45, 2.75) is 25.5 Å². The van der Waals surface area contributed by atoms with E-state index in [0.29, 0.717) is 25.0 Å². The maximum absolute atomic E-state index is 12.2. The molecule has 0 aromatic carbocycles. The summed E-state index contributed by atoms with van der Waals surface area (Å²) in [5.41, 5.74) is 0. The van der Waals surface area contributed by atoms with Crippen molar-refractivity contribution in [1.29, 1.82) is 0 Å². The van der Waals surface area contributed by atoms with Crippen molar-refractivity contribution in [3.8, 4) is 0 Å². The second-order valence-electron chi connectivity index (χ2n) is 5.57. The number of hydrogen-bond donors (Lipinski definition) is 2. The third kappa shape index (κ3) is 3.42. The SMILES string of the molecule is CCN1CCO[C@H](C(=O)Nc2ccn([C@H]3CCNC3)n2)C1. The highest BCUT2D eigenvalue weighted by Gasteiger charge is 2.26. The fourth-order valence-electron chi connectivity index (χ4n) is 2.83. The predicted molar refractivity (Wildman–Crippen MR) is 79.2 cm³/mol. The van der Waals surface area contributed by atoms with Gasteiger partial charge in [-0.25, -0.2) is 0 Å². The first-order valence-corrected chi connectivity index (χ1v) is 7.67. The Morgan fingerprint density at radius 3 is 3.29 bits per heavy atom. The van der Waals surface area contributed by atoms with E-state index < -0.39 is 6.10 Å². The van der Waals surface area contributed by atoms with Gasteiger partial charge in [-0.1, -0.05) is 6.92 Å². The van der Waals surface area contributed by atoms with Gasteiger partial charge in [-0.2, -0.15) is 5.10 Å². The van der Waals surface area contributed by atoms with Gasteiger partial charge in [-0.15, -0.1) is 0 Å². The maximum atomic E-state index is 12.2. The molecule has 7 heteroatoms. The quantitative estimate of drug-likeness (QED) is 0.822. The van der Waals surface area contributed by atoms with Crippen molar-refractivity contribution in [1.82, 2.24) is 20.0 Å². The van der Waals surface area contributed by atoms with Crippen LogP contribution in [-0.2, 0) is 9.53 Å². The van der Waals surface area contributed by atoms with Crippen molar-refractivity contribution in [2.24, 2.45) is 0 Å². The van der Waals surface area contributed by atoms with Crippen LogP contribution in [0, 0.1) is 0 Å². The highest BCUT2D eigenvalue weighted by molar-refractivity contribution is 5.93. The minimum absolute atomic E-state index is 0.108. The molecule has 3 rings (SSSR count). The van der Waals surface area contributed by atoms with Crippen molar-refractivity contribution in [3.63, 3.8) is 0 Å². The van der Waals surface area contributed by atoms with Gasteiger partial charge in [0.2, 0.25) is 0 Å². The lowest BCUT2D eigenvalue weighted by atomic mass is 10.2. The van der Waals surface area contributed by atoms with E-state index in [1.54, 1.807) is 0 Å². The molecular weight excluding hydrogens is 270 g/mol. The van der Waals surface area contributed by atoms with Crippen LogP contribution in [0.15, 0.2) is 12.3 Å². The number of aromatic nitrogens is 2. The number of amides is 1. The molecule has 2 aliphatic rings. The van der Waals surface area contributed by atoms with E-state index in [4.69, 9.17) is 4.74 Å². The standard InChI is InChI=1S/C14H23N5O2/c1-2-18-7-8-21-12(10-18)14(20)16-13-4-6-19(17-13)11-3-5-15-9-11/h4,6,11-12,15H,2-3,5,7-10H2,1H3,(H,16,17,20)/t11-,12-/m0/s1. The fraction of sp³-hybridized carbons (Fsp3) is 0.714. The summed E-state index contributed by atoms with van der Waals surface area (Å²) in [6, 6.07) is 2.23. The molecular formula is C14H23N5O2. The third-order valence-corrected chi connectivity index (χ3v) is 4.16. The number of hydrogen-bond acceptors (Lipinski definition) is 5. The molecule has 0 radical (unpaired) electrons. The van der Waals surface area contributed by atoms with Gasteiger partial charge < -0.3 is 15.4 Å². The highest BCUT2D eigenvalue weighted by Crippen LogP contribution is 2.16.